The van der Waals surface area contributed by atoms with Crippen LogP contribution in [0.25, 0.3) is 5.13 Å². The molecule has 2 heterocycles. The number of alkyl halides is 6. The Hall–Kier alpha value is -3.87. The molecule has 9 nitrogen and oxygen atoms in total. The van der Waals surface area contributed by atoms with Crippen LogP contribution in [0.1, 0.15) is 58.6 Å². The summed E-state index contributed by atoms with van der Waals surface area (Å²) in [4.78, 5) is 21.7. The normalized spacial score (nSPS) is 14.7. The summed E-state index contributed by atoms with van der Waals surface area (Å²) in [5.41, 5.74) is -0.586. The summed E-state index contributed by atoms with van der Waals surface area (Å²) in [7, 11) is 0. The number of hydrogen-bond acceptors (Lipinski definition) is 8. The summed E-state index contributed by atoms with van der Waals surface area (Å²) in [5, 5.41) is 16.2. The molecule has 0 saturated heterocycles. The van der Waals surface area contributed by atoms with E-state index < -0.39 is 41.7 Å². The first kappa shape index (κ1) is 25.2. The average molecular weight is 532 g/mol. The van der Waals surface area contributed by atoms with Crippen LogP contribution in [0.2, 0.25) is 0 Å². The van der Waals surface area contributed by atoms with Gasteiger partial charge in [0.15, 0.2) is 11.6 Å². The fourth-order valence-corrected chi connectivity index (χ4v) is 3.80. The van der Waals surface area contributed by atoms with Crippen LogP contribution < -0.4 is 14.8 Å². The van der Waals surface area contributed by atoms with Crippen LogP contribution in [0.15, 0.2) is 24.4 Å². The van der Waals surface area contributed by atoms with E-state index in [1.165, 1.54) is 17.8 Å². The lowest BCUT2D eigenvalue weighted by Gasteiger charge is -2.16. The van der Waals surface area contributed by atoms with Crippen LogP contribution in [0, 0.1) is 11.3 Å². The molecule has 1 atom stereocenters. The molecule has 2 aromatic heterocycles. The highest BCUT2D eigenvalue weighted by Gasteiger charge is 2.35. The van der Waals surface area contributed by atoms with E-state index in [0.29, 0.717) is 34.0 Å². The molecule has 4 rings (SSSR count). The van der Waals surface area contributed by atoms with Crippen molar-refractivity contribution in [2.24, 2.45) is 0 Å². The summed E-state index contributed by atoms with van der Waals surface area (Å²) >= 11 is 1.02. The molecule has 0 radical (unpaired) electrons. The predicted octanol–water partition coefficient (Wildman–Crippen LogP) is 4.76. The second-order valence-corrected chi connectivity index (χ2v) is 8.63. The lowest BCUT2D eigenvalue weighted by molar-refractivity contribution is -0.276. The van der Waals surface area contributed by atoms with Crippen LogP contribution >= 0.6 is 11.3 Å². The van der Waals surface area contributed by atoms with E-state index in [1.807, 2.05) is 6.07 Å². The number of hydrogen-bond donors (Lipinski definition) is 1. The predicted molar refractivity (Wildman–Crippen MR) is 109 cm³/mol. The highest BCUT2D eigenvalue weighted by Crippen LogP contribution is 2.39. The average Bonchev–Trinajstić information content (AvgIpc) is 3.32. The van der Waals surface area contributed by atoms with E-state index in [9.17, 15) is 31.1 Å². The van der Waals surface area contributed by atoms with E-state index in [-0.39, 0.29) is 11.7 Å². The largest absolute Gasteiger partial charge is 0.573 e. The molecule has 0 unspecified atom stereocenters. The maximum Gasteiger partial charge on any atom is 0.573 e. The van der Waals surface area contributed by atoms with Gasteiger partial charge in [0.25, 0.3) is 5.91 Å². The number of carbonyl (C=O) groups is 1. The molecule has 36 heavy (non-hydrogen) atoms. The summed E-state index contributed by atoms with van der Waals surface area (Å²) in [6.07, 6.45) is -7.38. The standard InChI is InChI=1S/C20H14F6N6O3S/c1-9(16-30-15(10-2-3-10)31-32(16)18-28-8-14(7-27)36-18)29-17(33)11-4-12(34-19(21,22)23)6-13(5-11)35-20(24,25)26/h4-6,8-10H,2-3H2,1H3,(H,29,33)/t9-/m0/s1. The molecule has 0 aliphatic heterocycles. The van der Waals surface area contributed by atoms with E-state index >= 15 is 0 Å². The van der Waals surface area contributed by atoms with Gasteiger partial charge < -0.3 is 14.8 Å². The molecule has 0 spiro atoms. The van der Waals surface area contributed by atoms with Gasteiger partial charge in [0.05, 0.1) is 12.2 Å². The number of rotatable bonds is 7. The third-order valence-electron chi connectivity index (χ3n) is 4.72. The number of nitrogens with one attached hydrogen (secondary N) is 1. The maximum absolute atomic E-state index is 12.8. The van der Waals surface area contributed by atoms with E-state index in [1.54, 1.807) is 0 Å². The lowest BCUT2D eigenvalue weighted by atomic mass is 10.1. The Morgan fingerprint density at radius 2 is 1.78 bits per heavy atom. The van der Waals surface area contributed by atoms with Crippen molar-refractivity contribution < 1.29 is 40.6 Å². The Morgan fingerprint density at radius 1 is 1.17 bits per heavy atom. The summed E-state index contributed by atoms with van der Waals surface area (Å²) in [5.74, 6) is -2.37. The summed E-state index contributed by atoms with van der Waals surface area (Å²) < 4.78 is 84.6. The molecule has 1 N–H and O–H groups in total. The summed E-state index contributed by atoms with van der Waals surface area (Å²) in [6, 6.07) is 2.64. The van der Waals surface area contributed by atoms with Gasteiger partial charge in [-0.15, -0.1) is 31.4 Å². The topological polar surface area (TPSA) is 115 Å². The van der Waals surface area contributed by atoms with Crippen molar-refractivity contribution in [1.82, 2.24) is 25.1 Å². The third-order valence-corrected chi connectivity index (χ3v) is 5.60. The Kier molecular flexibility index (Phi) is 6.52. The van der Waals surface area contributed by atoms with Crippen molar-refractivity contribution in [3.63, 3.8) is 0 Å². The Bertz CT molecular complexity index is 1290. The number of nitrogens with zero attached hydrogens (tertiary/aromatic N) is 5. The minimum Gasteiger partial charge on any atom is -0.406 e. The number of carbonyl (C=O) groups excluding carboxylic acids is 1. The number of halogens is 6. The molecule has 1 aromatic carbocycles. The lowest BCUT2D eigenvalue weighted by Crippen LogP contribution is -2.29. The van der Waals surface area contributed by atoms with Gasteiger partial charge in [-0.25, -0.2) is 9.97 Å². The Balaban J connectivity index is 1.62. The first-order valence-corrected chi connectivity index (χ1v) is 10.9. The van der Waals surface area contributed by atoms with E-state index in [2.05, 4.69) is 29.9 Å². The molecule has 0 bridgehead atoms. The fourth-order valence-electron chi connectivity index (χ4n) is 3.12. The number of thiazole rings is 1. The summed E-state index contributed by atoms with van der Waals surface area (Å²) in [6.45, 7) is 1.50. The minimum atomic E-state index is -5.22. The van der Waals surface area contributed by atoms with Gasteiger partial charge in [-0.05, 0) is 31.9 Å². The van der Waals surface area contributed by atoms with Crippen molar-refractivity contribution in [3.05, 3.63) is 46.5 Å². The van der Waals surface area contributed by atoms with Gasteiger partial charge in [-0.1, -0.05) is 11.3 Å². The van der Waals surface area contributed by atoms with Crippen LogP contribution in [0.5, 0.6) is 11.5 Å². The minimum absolute atomic E-state index is 0.113. The van der Waals surface area contributed by atoms with Crippen molar-refractivity contribution in [3.8, 4) is 22.7 Å². The molecule has 1 saturated carbocycles. The van der Waals surface area contributed by atoms with Crippen LogP contribution in [-0.2, 0) is 0 Å². The molecule has 16 heteroatoms. The molecule has 1 aliphatic rings. The van der Waals surface area contributed by atoms with Crippen molar-refractivity contribution in [1.29, 1.82) is 5.26 Å². The first-order valence-electron chi connectivity index (χ1n) is 10.1. The second kappa shape index (κ2) is 9.30. The van der Waals surface area contributed by atoms with E-state index in [0.717, 1.165) is 24.2 Å². The Morgan fingerprint density at radius 3 is 2.28 bits per heavy atom. The zero-order valence-electron chi connectivity index (χ0n) is 18.0. The molecule has 1 amide bonds. The molecule has 190 valence electrons. The van der Waals surface area contributed by atoms with Crippen LogP contribution in [0.3, 0.4) is 0 Å². The highest BCUT2D eigenvalue weighted by atomic mass is 32.1. The zero-order chi connectivity index (χ0) is 26.3. The number of aromatic nitrogens is 4. The van der Waals surface area contributed by atoms with Crippen molar-refractivity contribution in [2.45, 2.75) is 44.4 Å². The third kappa shape index (κ3) is 6.22. The van der Waals surface area contributed by atoms with Gasteiger partial charge in [0.2, 0.25) is 5.13 Å². The monoisotopic (exact) mass is 532 g/mol. The molecule has 1 aliphatic carbocycles. The van der Waals surface area contributed by atoms with Gasteiger partial charge in [-0.3, -0.25) is 4.79 Å². The number of benzene rings is 1. The first-order chi connectivity index (χ1) is 16.8. The number of nitriles is 1. The second-order valence-electron chi connectivity index (χ2n) is 7.62. The smallest absolute Gasteiger partial charge is 0.406 e. The highest BCUT2D eigenvalue weighted by molar-refractivity contribution is 7.14. The molecule has 1 fully saturated rings. The Labute approximate surface area is 202 Å². The molecule has 3 aromatic rings. The fraction of sp³-hybridized carbons (Fsp3) is 0.350. The van der Waals surface area contributed by atoms with Crippen LogP contribution in [-0.4, -0.2) is 38.4 Å². The SMILES string of the molecule is C[C@H](NC(=O)c1cc(OC(F)(F)F)cc(OC(F)(F)F)c1)c1nc(C2CC2)nn1-c1ncc(C#N)s1. The van der Waals surface area contributed by atoms with Crippen LogP contribution in [0.4, 0.5) is 26.3 Å². The van der Waals surface area contributed by atoms with Gasteiger partial charge >= 0.3 is 12.7 Å². The van der Waals surface area contributed by atoms with Gasteiger partial charge in [0, 0.05) is 17.5 Å². The zero-order valence-corrected chi connectivity index (χ0v) is 18.8. The molecular formula is C20H14F6N6O3S. The molecular weight excluding hydrogens is 518 g/mol. The maximum atomic E-state index is 12.8. The van der Waals surface area contributed by atoms with E-state index in [4.69, 9.17) is 5.26 Å². The van der Waals surface area contributed by atoms with Crippen molar-refractivity contribution in [2.75, 3.05) is 0 Å². The van der Waals surface area contributed by atoms with Gasteiger partial charge in [0.1, 0.15) is 22.4 Å². The number of ether oxygens (including phenoxy) is 2. The van der Waals surface area contributed by atoms with Gasteiger partial charge in [-0.2, -0.15) is 9.94 Å². The quantitative estimate of drug-likeness (QED) is 0.437. The number of amides is 1. The van der Waals surface area contributed by atoms with Crippen molar-refractivity contribution >= 4 is 17.2 Å².